The van der Waals surface area contributed by atoms with Crippen LogP contribution in [-0.4, -0.2) is 24.8 Å². The van der Waals surface area contributed by atoms with Gasteiger partial charge in [-0.25, -0.2) is 4.79 Å². The largest absolute Gasteiger partial charge is 0.465 e. The van der Waals surface area contributed by atoms with E-state index in [0.717, 1.165) is 16.7 Å². The van der Waals surface area contributed by atoms with Crippen LogP contribution < -0.4 is 5.73 Å². The highest BCUT2D eigenvalue weighted by atomic mass is 16.5. The number of hydrogen-bond donors (Lipinski definition) is 2. The number of carbonyl (C=O) groups is 1. The molecular weight excluding hydrogens is 206 g/mol. The van der Waals surface area contributed by atoms with Gasteiger partial charge in [0.1, 0.15) is 0 Å². The van der Waals surface area contributed by atoms with Crippen molar-refractivity contribution in [3.8, 4) is 0 Å². The molecule has 0 fully saturated rings. The van der Waals surface area contributed by atoms with Gasteiger partial charge in [-0.2, -0.15) is 0 Å². The molecule has 0 aromatic heterocycles. The molecule has 4 nitrogen and oxygen atoms in total. The fourth-order valence-electron chi connectivity index (χ4n) is 1.61. The van der Waals surface area contributed by atoms with Crippen molar-refractivity contribution in [2.45, 2.75) is 19.9 Å². The third kappa shape index (κ3) is 2.40. The van der Waals surface area contributed by atoms with Crippen molar-refractivity contribution in [1.29, 1.82) is 0 Å². The average Bonchev–Trinajstić information content (AvgIpc) is 2.30. The smallest absolute Gasteiger partial charge is 0.337 e. The third-order valence-corrected chi connectivity index (χ3v) is 2.72. The zero-order valence-corrected chi connectivity index (χ0v) is 9.78. The van der Waals surface area contributed by atoms with Crippen LogP contribution in [0.1, 0.15) is 33.1 Å². The molecule has 0 radical (unpaired) electrons. The lowest BCUT2D eigenvalue weighted by Gasteiger charge is -2.15. The van der Waals surface area contributed by atoms with Crippen molar-refractivity contribution in [2.75, 3.05) is 13.7 Å². The topological polar surface area (TPSA) is 72.5 Å². The van der Waals surface area contributed by atoms with Crippen LogP contribution in [0.25, 0.3) is 0 Å². The summed E-state index contributed by atoms with van der Waals surface area (Å²) in [5, 5.41) is 9.05. The van der Waals surface area contributed by atoms with E-state index in [0.29, 0.717) is 5.56 Å². The minimum atomic E-state index is -0.469. The summed E-state index contributed by atoms with van der Waals surface area (Å²) in [5.41, 5.74) is 8.97. The molecule has 88 valence electrons. The summed E-state index contributed by atoms with van der Waals surface area (Å²) in [6.07, 6.45) is 0. The lowest BCUT2D eigenvalue weighted by molar-refractivity contribution is 0.0600. The molecule has 1 aromatic carbocycles. The van der Waals surface area contributed by atoms with Gasteiger partial charge in [-0.3, -0.25) is 0 Å². The zero-order chi connectivity index (χ0) is 12.3. The molecule has 3 N–H and O–H groups in total. The fourth-order valence-corrected chi connectivity index (χ4v) is 1.61. The van der Waals surface area contributed by atoms with Gasteiger partial charge in [-0.05, 0) is 42.7 Å². The van der Waals surface area contributed by atoms with Gasteiger partial charge < -0.3 is 15.6 Å². The predicted octanol–water partition coefficient (Wildman–Crippen LogP) is 1.08. The molecule has 1 aromatic rings. The standard InChI is InChI=1S/C12H17NO3/c1-7-4-9(12(15)16-3)5-10(8(7)2)11(13)6-14/h4-5,11,14H,6,13H2,1-3H3. The minimum Gasteiger partial charge on any atom is -0.465 e. The second-order valence-electron chi connectivity index (χ2n) is 3.79. The van der Waals surface area contributed by atoms with E-state index in [1.54, 1.807) is 12.1 Å². The van der Waals surface area contributed by atoms with E-state index >= 15 is 0 Å². The normalized spacial score (nSPS) is 12.3. The summed E-state index contributed by atoms with van der Waals surface area (Å²) in [5.74, 6) is -0.394. The first-order valence-electron chi connectivity index (χ1n) is 5.07. The molecule has 0 spiro atoms. The Kier molecular flexibility index (Phi) is 4.04. The number of ether oxygens (including phenoxy) is 1. The highest BCUT2D eigenvalue weighted by Gasteiger charge is 2.14. The molecule has 16 heavy (non-hydrogen) atoms. The summed E-state index contributed by atoms with van der Waals surface area (Å²) in [6, 6.07) is 2.97. The van der Waals surface area contributed by atoms with Gasteiger partial charge >= 0.3 is 5.97 Å². The number of aryl methyl sites for hydroxylation is 1. The van der Waals surface area contributed by atoms with E-state index in [1.165, 1.54) is 7.11 Å². The van der Waals surface area contributed by atoms with Crippen LogP contribution in [0, 0.1) is 13.8 Å². The number of hydrogen-bond acceptors (Lipinski definition) is 4. The summed E-state index contributed by atoms with van der Waals surface area (Å²) >= 11 is 0. The monoisotopic (exact) mass is 223 g/mol. The van der Waals surface area contributed by atoms with E-state index in [2.05, 4.69) is 4.74 Å². The Bertz CT molecular complexity index is 401. The zero-order valence-electron chi connectivity index (χ0n) is 9.78. The van der Waals surface area contributed by atoms with Crippen molar-refractivity contribution < 1.29 is 14.6 Å². The molecule has 1 rings (SSSR count). The van der Waals surface area contributed by atoms with E-state index in [4.69, 9.17) is 10.8 Å². The number of benzene rings is 1. The summed E-state index contributed by atoms with van der Waals surface area (Å²) < 4.78 is 4.66. The van der Waals surface area contributed by atoms with Gasteiger partial charge in [0.15, 0.2) is 0 Å². The second kappa shape index (κ2) is 5.09. The van der Waals surface area contributed by atoms with Gasteiger partial charge in [-0.1, -0.05) is 0 Å². The van der Waals surface area contributed by atoms with Crippen LogP contribution in [0.3, 0.4) is 0 Å². The average molecular weight is 223 g/mol. The fraction of sp³-hybridized carbons (Fsp3) is 0.417. The van der Waals surface area contributed by atoms with Crippen LogP contribution in [0.5, 0.6) is 0 Å². The van der Waals surface area contributed by atoms with Crippen LogP contribution >= 0.6 is 0 Å². The molecular formula is C12H17NO3. The van der Waals surface area contributed by atoms with E-state index in [-0.39, 0.29) is 6.61 Å². The first-order valence-corrected chi connectivity index (χ1v) is 5.07. The quantitative estimate of drug-likeness (QED) is 0.752. The molecule has 0 bridgehead atoms. The number of nitrogens with two attached hydrogens (primary N) is 1. The van der Waals surface area contributed by atoms with Crippen LogP contribution in [-0.2, 0) is 4.74 Å². The van der Waals surface area contributed by atoms with E-state index in [9.17, 15) is 4.79 Å². The van der Waals surface area contributed by atoms with Crippen molar-refractivity contribution in [3.63, 3.8) is 0 Å². The minimum absolute atomic E-state index is 0.148. The Morgan fingerprint density at radius 1 is 1.50 bits per heavy atom. The Morgan fingerprint density at radius 2 is 2.12 bits per heavy atom. The summed E-state index contributed by atoms with van der Waals surface area (Å²) in [6.45, 7) is 3.67. The molecule has 0 aliphatic heterocycles. The van der Waals surface area contributed by atoms with Crippen molar-refractivity contribution in [2.24, 2.45) is 5.73 Å². The first-order chi connectivity index (χ1) is 7.51. The molecule has 1 unspecified atom stereocenters. The Morgan fingerprint density at radius 3 is 2.62 bits per heavy atom. The molecule has 0 saturated heterocycles. The molecule has 0 saturated carbocycles. The van der Waals surface area contributed by atoms with Crippen molar-refractivity contribution in [1.82, 2.24) is 0 Å². The Hall–Kier alpha value is -1.39. The maximum Gasteiger partial charge on any atom is 0.337 e. The molecule has 1 atom stereocenters. The molecule has 0 aliphatic rings. The van der Waals surface area contributed by atoms with Crippen LogP contribution in [0.2, 0.25) is 0 Å². The highest BCUT2D eigenvalue weighted by molar-refractivity contribution is 5.90. The van der Waals surface area contributed by atoms with E-state index in [1.807, 2.05) is 13.8 Å². The number of esters is 1. The molecule has 0 heterocycles. The lowest BCUT2D eigenvalue weighted by Crippen LogP contribution is -2.17. The highest BCUT2D eigenvalue weighted by Crippen LogP contribution is 2.21. The predicted molar refractivity (Wildman–Crippen MR) is 61.3 cm³/mol. The number of rotatable bonds is 3. The number of methoxy groups -OCH3 is 1. The number of aliphatic hydroxyl groups is 1. The Balaban J connectivity index is 3.27. The summed E-state index contributed by atoms with van der Waals surface area (Å²) in [4.78, 5) is 11.4. The maximum atomic E-state index is 11.4. The Labute approximate surface area is 95.0 Å². The molecule has 4 heteroatoms. The van der Waals surface area contributed by atoms with Gasteiger partial charge in [-0.15, -0.1) is 0 Å². The van der Waals surface area contributed by atoms with Crippen LogP contribution in [0.15, 0.2) is 12.1 Å². The van der Waals surface area contributed by atoms with Crippen LogP contribution in [0.4, 0.5) is 0 Å². The van der Waals surface area contributed by atoms with E-state index < -0.39 is 12.0 Å². The third-order valence-electron chi connectivity index (χ3n) is 2.72. The van der Waals surface area contributed by atoms with Gasteiger partial charge in [0.25, 0.3) is 0 Å². The summed E-state index contributed by atoms with van der Waals surface area (Å²) in [7, 11) is 1.34. The van der Waals surface area contributed by atoms with Gasteiger partial charge in [0.2, 0.25) is 0 Å². The van der Waals surface area contributed by atoms with Crippen molar-refractivity contribution >= 4 is 5.97 Å². The molecule has 0 aliphatic carbocycles. The number of aliphatic hydroxyl groups excluding tert-OH is 1. The maximum absolute atomic E-state index is 11.4. The van der Waals surface area contributed by atoms with Crippen molar-refractivity contribution in [3.05, 3.63) is 34.4 Å². The molecule has 0 amide bonds. The lowest BCUT2D eigenvalue weighted by atomic mass is 9.95. The SMILES string of the molecule is COC(=O)c1cc(C)c(C)c(C(N)CO)c1. The second-order valence-corrected chi connectivity index (χ2v) is 3.79. The first kappa shape index (κ1) is 12.7. The van der Waals surface area contributed by atoms with Gasteiger partial charge in [0.05, 0.1) is 25.3 Å². The number of carbonyl (C=O) groups excluding carboxylic acids is 1. The van der Waals surface area contributed by atoms with Gasteiger partial charge in [0, 0.05) is 0 Å².